The molecule has 0 amide bonds. The monoisotopic (exact) mass is 308 g/mol. The summed E-state index contributed by atoms with van der Waals surface area (Å²) in [4.78, 5) is 9.12. The van der Waals surface area contributed by atoms with Gasteiger partial charge in [0, 0.05) is 55.0 Å². The van der Waals surface area contributed by atoms with Gasteiger partial charge in [0.1, 0.15) is 0 Å². The Balaban J connectivity index is 1.58. The van der Waals surface area contributed by atoms with Gasteiger partial charge in [0.2, 0.25) is 0 Å². The molecule has 0 unspecified atom stereocenters. The van der Waals surface area contributed by atoms with E-state index in [4.69, 9.17) is 17.3 Å². The summed E-state index contributed by atoms with van der Waals surface area (Å²) in [6.07, 6.45) is 1.86. The maximum atomic E-state index is 6.01. The predicted octanol–water partition coefficient (Wildman–Crippen LogP) is 2.70. The van der Waals surface area contributed by atoms with Gasteiger partial charge in [0.15, 0.2) is 5.13 Å². The lowest BCUT2D eigenvalue weighted by Crippen LogP contribution is -2.46. The van der Waals surface area contributed by atoms with Crippen molar-refractivity contribution in [2.75, 3.05) is 36.8 Å². The maximum Gasteiger partial charge on any atom is 0.185 e. The number of piperazine rings is 1. The summed E-state index contributed by atoms with van der Waals surface area (Å²) in [6.45, 7) is 4.97. The van der Waals surface area contributed by atoms with Gasteiger partial charge in [-0.1, -0.05) is 17.7 Å². The first-order valence-corrected chi connectivity index (χ1v) is 7.89. The predicted molar refractivity (Wildman–Crippen MR) is 85.5 cm³/mol. The normalized spacial score (nSPS) is 16.6. The highest BCUT2D eigenvalue weighted by atomic mass is 35.5. The van der Waals surface area contributed by atoms with Gasteiger partial charge in [-0.25, -0.2) is 4.98 Å². The Morgan fingerprint density at radius 3 is 2.70 bits per heavy atom. The molecule has 0 aliphatic carbocycles. The van der Waals surface area contributed by atoms with E-state index in [1.165, 1.54) is 0 Å². The zero-order valence-corrected chi connectivity index (χ0v) is 12.7. The maximum absolute atomic E-state index is 6.01. The molecule has 106 valence electrons. The highest BCUT2D eigenvalue weighted by Gasteiger charge is 2.19. The topological polar surface area (TPSA) is 45.4 Å². The highest BCUT2D eigenvalue weighted by Crippen LogP contribution is 2.22. The van der Waals surface area contributed by atoms with Crippen LogP contribution in [0, 0.1) is 0 Å². The highest BCUT2D eigenvalue weighted by molar-refractivity contribution is 7.13. The Labute approximate surface area is 127 Å². The van der Waals surface area contributed by atoms with Crippen molar-refractivity contribution >= 4 is 33.8 Å². The van der Waals surface area contributed by atoms with Crippen LogP contribution in [0.25, 0.3) is 0 Å². The standard InChI is InChI=1S/C14H17ClN4S/c15-12-2-1-11(13(16)9-12)10-18-4-6-19(7-5-18)14-17-3-8-20-14/h1-3,8-9H,4-7,10,16H2. The summed E-state index contributed by atoms with van der Waals surface area (Å²) in [7, 11) is 0. The number of nitrogen functional groups attached to an aromatic ring is 1. The van der Waals surface area contributed by atoms with E-state index in [1.807, 2.05) is 29.8 Å². The van der Waals surface area contributed by atoms with Gasteiger partial charge in [-0.3, -0.25) is 4.90 Å². The first kappa shape index (κ1) is 13.7. The van der Waals surface area contributed by atoms with Crippen LogP contribution >= 0.6 is 22.9 Å². The fourth-order valence-corrected chi connectivity index (χ4v) is 3.30. The van der Waals surface area contributed by atoms with Crippen LogP contribution in [0.2, 0.25) is 5.02 Å². The van der Waals surface area contributed by atoms with Crippen LogP contribution in [0.5, 0.6) is 0 Å². The summed E-state index contributed by atoms with van der Waals surface area (Å²) in [5.41, 5.74) is 7.94. The molecule has 1 aromatic heterocycles. The molecule has 2 N–H and O–H groups in total. The second kappa shape index (κ2) is 5.99. The summed E-state index contributed by atoms with van der Waals surface area (Å²) in [6, 6.07) is 5.74. The van der Waals surface area contributed by atoms with Gasteiger partial charge in [0.25, 0.3) is 0 Å². The van der Waals surface area contributed by atoms with E-state index in [0.717, 1.165) is 49.1 Å². The first-order valence-electron chi connectivity index (χ1n) is 6.63. The molecule has 4 nitrogen and oxygen atoms in total. The minimum atomic E-state index is 0.694. The van der Waals surface area contributed by atoms with Gasteiger partial charge in [-0.15, -0.1) is 11.3 Å². The smallest absolute Gasteiger partial charge is 0.185 e. The van der Waals surface area contributed by atoms with E-state index in [9.17, 15) is 0 Å². The van der Waals surface area contributed by atoms with Crippen LogP contribution in [0.3, 0.4) is 0 Å². The molecule has 0 bridgehead atoms. The van der Waals surface area contributed by atoms with Crippen LogP contribution in [0.4, 0.5) is 10.8 Å². The van der Waals surface area contributed by atoms with Crippen molar-refractivity contribution in [3.63, 3.8) is 0 Å². The molecule has 1 aliphatic heterocycles. The summed E-state index contributed by atoms with van der Waals surface area (Å²) in [5.74, 6) is 0. The number of aromatic nitrogens is 1. The second-order valence-electron chi connectivity index (χ2n) is 4.92. The van der Waals surface area contributed by atoms with Gasteiger partial charge in [0.05, 0.1) is 0 Å². The lowest BCUT2D eigenvalue weighted by Gasteiger charge is -2.34. The fourth-order valence-electron chi connectivity index (χ4n) is 2.42. The number of nitrogens with zero attached hydrogens (tertiary/aromatic N) is 3. The number of rotatable bonds is 3. The summed E-state index contributed by atoms with van der Waals surface area (Å²) >= 11 is 7.63. The SMILES string of the molecule is Nc1cc(Cl)ccc1CN1CCN(c2nccs2)CC1. The van der Waals surface area contributed by atoms with Crippen LogP contribution < -0.4 is 10.6 Å². The molecule has 20 heavy (non-hydrogen) atoms. The van der Waals surface area contributed by atoms with Crippen molar-refractivity contribution in [1.82, 2.24) is 9.88 Å². The van der Waals surface area contributed by atoms with Crippen LogP contribution in [-0.4, -0.2) is 36.1 Å². The number of halogens is 1. The number of anilines is 2. The molecule has 2 aromatic rings. The fraction of sp³-hybridized carbons (Fsp3) is 0.357. The van der Waals surface area contributed by atoms with Crippen molar-refractivity contribution < 1.29 is 0 Å². The molecule has 3 rings (SSSR count). The van der Waals surface area contributed by atoms with E-state index in [2.05, 4.69) is 14.8 Å². The Morgan fingerprint density at radius 2 is 2.05 bits per heavy atom. The van der Waals surface area contributed by atoms with Crippen molar-refractivity contribution in [2.24, 2.45) is 0 Å². The molecule has 1 aliphatic rings. The molecule has 2 heterocycles. The number of benzene rings is 1. The third-order valence-corrected chi connectivity index (χ3v) is 4.63. The van der Waals surface area contributed by atoms with Crippen molar-refractivity contribution in [3.05, 3.63) is 40.4 Å². The first-order chi connectivity index (χ1) is 9.72. The third kappa shape index (κ3) is 3.06. The number of thiazole rings is 1. The van der Waals surface area contributed by atoms with Gasteiger partial charge in [-0.2, -0.15) is 0 Å². The van der Waals surface area contributed by atoms with E-state index < -0.39 is 0 Å². The van der Waals surface area contributed by atoms with Gasteiger partial charge >= 0.3 is 0 Å². The summed E-state index contributed by atoms with van der Waals surface area (Å²) < 4.78 is 0. The third-order valence-electron chi connectivity index (χ3n) is 3.56. The zero-order valence-electron chi connectivity index (χ0n) is 11.1. The molecule has 0 saturated carbocycles. The molecule has 0 spiro atoms. The van der Waals surface area contributed by atoms with E-state index >= 15 is 0 Å². The largest absolute Gasteiger partial charge is 0.398 e. The Hall–Kier alpha value is -1.30. The minimum Gasteiger partial charge on any atom is -0.398 e. The van der Waals surface area contributed by atoms with Gasteiger partial charge in [-0.05, 0) is 17.7 Å². The Morgan fingerprint density at radius 1 is 1.25 bits per heavy atom. The second-order valence-corrected chi connectivity index (χ2v) is 6.23. The average Bonchev–Trinajstić information content (AvgIpc) is 2.97. The van der Waals surface area contributed by atoms with E-state index in [1.54, 1.807) is 11.3 Å². The average molecular weight is 309 g/mol. The number of hydrogen-bond donors (Lipinski definition) is 1. The molecular weight excluding hydrogens is 292 g/mol. The zero-order chi connectivity index (χ0) is 13.9. The molecular formula is C14H17ClN4S. The lowest BCUT2D eigenvalue weighted by atomic mass is 10.1. The molecule has 1 saturated heterocycles. The minimum absolute atomic E-state index is 0.694. The molecule has 0 radical (unpaired) electrons. The van der Waals surface area contributed by atoms with Crippen molar-refractivity contribution in [1.29, 1.82) is 0 Å². The molecule has 0 atom stereocenters. The van der Waals surface area contributed by atoms with Crippen LogP contribution in [-0.2, 0) is 6.54 Å². The number of nitrogens with two attached hydrogens (primary N) is 1. The Kier molecular flexibility index (Phi) is 4.10. The number of hydrogen-bond acceptors (Lipinski definition) is 5. The summed E-state index contributed by atoms with van der Waals surface area (Å²) in [5, 5.41) is 3.84. The lowest BCUT2D eigenvalue weighted by molar-refractivity contribution is 0.250. The quantitative estimate of drug-likeness (QED) is 0.886. The Bertz CT molecular complexity index is 565. The van der Waals surface area contributed by atoms with Crippen molar-refractivity contribution in [3.8, 4) is 0 Å². The van der Waals surface area contributed by atoms with E-state index in [-0.39, 0.29) is 0 Å². The van der Waals surface area contributed by atoms with Crippen molar-refractivity contribution in [2.45, 2.75) is 6.54 Å². The van der Waals surface area contributed by atoms with E-state index in [0.29, 0.717) is 5.02 Å². The molecule has 1 aromatic carbocycles. The van der Waals surface area contributed by atoms with Crippen LogP contribution in [0.15, 0.2) is 29.8 Å². The van der Waals surface area contributed by atoms with Crippen LogP contribution in [0.1, 0.15) is 5.56 Å². The molecule has 1 fully saturated rings. The molecule has 6 heteroatoms. The van der Waals surface area contributed by atoms with Gasteiger partial charge < -0.3 is 10.6 Å².